The second kappa shape index (κ2) is 6.17. The summed E-state index contributed by atoms with van der Waals surface area (Å²) in [4.78, 5) is 39.3. The molecule has 0 unspecified atom stereocenters. The zero-order valence-corrected chi connectivity index (χ0v) is 11.0. The molecule has 0 bridgehead atoms. The van der Waals surface area contributed by atoms with E-state index in [2.05, 4.69) is 9.73 Å². The van der Waals surface area contributed by atoms with Crippen LogP contribution in [0.1, 0.15) is 19.8 Å². The van der Waals surface area contributed by atoms with E-state index < -0.39 is 23.8 Å². The van der Waals surface area contributed by atoms with Crippen LogP contribution >= 0.6 is 0 Å². The average molecular weight is 270 g/mol. The second-order valence-corrected chi connectivity index (χ2v) is 4.25. The minimum Gasteiger partial charge on any atom is -0.467 e. The Balaban J connectivity index is 2.61. The van der Waals surface area contributed by atoms with Gasteiger partial charge >= 0.3 is 5.97 Å². The number of methoxy groups -OCH3 is 1. The van der Waals surface area contributed by atoms with E-state index in [4.69, 9.17) is 11.5 Å². The lowest BCUT2D eigenvalue weighted by Gasteiger charge is -2.43. The summed E-state index contributed by atoms with van der Waals surface area (Å²) in [6, 6.07) is -0.825. The lowest BCUT2D eigenvalue weighted by molar-refractivity contribution is -0.178. The van der Waals surface area contributed by atoms with Crippen molar-refractivity contribution < 1.29 is 19.1 Å². The number of imide groups is 1. The van der Waals surface area contributed by atoms with E-state index in [1.165, 1.54) is 14.0 Å². The third-order valence-electron chi connectivity index (χ3n) is 2.96. The van der Waals surface area contributed by atoms with Crippen molar-refractivity contribution >= 4 is 23.7 Å². The molecule has 0 aromatic heterocycles. The molecule has 1 heterocycles. The highest BCUT2D eigenvalue weighted by Gasteiger charge is 2.53. The number of nitrogens with zero attached hydrogens (tertiary/aromatic N) is 2. The van der Waals surface area contributed by atoms with Crippen molar-refractivity contribution in [3.63, 3.8) is 0 Å². The number of hydrogen-bond donors (Lipinski definition) is 2. The molecule has 2 atom stereocenters. The Morgan fingerprint density at radius 3 is 2.53 bits per heavy atom. The molecule has 106 valence electrons. The lowest BCUT2D eigenvalue weighted by Crippen LogP contribution is -2.66. The Morgan fingerprint density at radius 1 is 1.42 bits per heavy atom. The van der Waals surface area contributed by atoms with Gasteiger partial charge in [0.2, 0.25) is 11.8 Å². The summed E-state index contributed by atoms with van der Waals surface area (Å²) in [5.74, 6) is -1.95. The van der Waals surface area contributed by atoms with Gasteiger partial charge in [0, 0.05) is 13.5 Å². The Bertz CT molecular complexity index is 417. The number of hydrogen-bond acceptors (Lipinski definition) is 5. The fraction of sp³-hybridized carbons (Fsp3) is 0.636. The number of likely N-dealkylation sites (tertiary alicyclic amines) is 1. The van der Waals surface area contributed by atoms with E-state index in [-0.39, 0.29) is 11.9 Å². The maximum atomic E-state index is 11.8. The van der Waals surface area contributed by atoms with Crippen LogP contribution in [0.2, 0.25) is 0 Å². The summed E-state index contributed by atoms with van der Waals surface area (Å²) in [6.07, 6.45) is 0.979. The molecule has 2 amide bonds. The van der Waals surface area contributed by atoms with Crippen LogP contribution in [-0.2, 0) is 19.1 Å². The number of carbonyl (C=O) groups excluding carboxylic acids is 3. The molecule has 4 N–H and O–H groups in total. The fourth-order valence-corrected chi connectivity index (χ4v) is 2.09. The maximum absolute atomic E-state index is 11.8. The van der Waals surface area contributed by atoms with E-state index in [9.17, 15) is 14.4 Å². The highest BCUT2D eigenvalue weighted by Crippen LogP contribution is 2.31. The average Bonchev–Trinajstić information content (AvgIpc) is 2.33. The number of nitrogens with two attached hydrogens (primary N) is 2. The third kappa shape index (κ3) is 3.21. The number of aliphatic imine (C=N–C) groups is 1. The van der Waals surface area contributed by atoms with Crippen molar-refractivity contribution in [2.24, 2.45) is 22.4 Å². The highest BCUT2D eigenvalue weighted by molar-refractivity contribution is 6.07. The van der Waals surface area contributed by atoms with Gasteiger partial charge < -0.3 is 16.2 Å². The molecule has 1 rings (SSSR count). The maximum Gasteiger partial charge on any atom is 0.329 e. The van der Waals surface area contributed by atoms with Crippen LogP contribution in [0.15, 0.2) is 4.99 Å². The third-order valence-corrected chi connectivity index (χ3v) is 2.96. The van der Waals surface area contributed by atoms with Gasteiger partial charge in [0.05, 0.1) is 13.0 Å². The van der Waals surface area contributed by atoms with Gasteiger partial charge in [-0.3, -0.25) is 19.5 Å². The minimum atomic E-state index is -0.825. The predicted molar refractivity (Wildman–Crippen MR) is 66.7 cm³/mol. The van der Waals surface area contributed by atoms with Crippen LogP contribution in [0.5, 0.6) is 0 Å². The molecule has 0 aromatic rings. The molecule has 1 aliphatic rings. The van der Waals surface area contributed by atoms with Gasteiger partial charge in [-0.1, -0.05) is 0 Å². The molecule has 1 aliphatic heterocycles. The van der Waals surface area contributed by atoms with E-state index >= 15 is 0 Å². The molecule has 0 aliphatic carbocycles. The SMILES string of the molecule is COC(=O)[C@H]1[C@H](CCCN=C(N)N)C(=O)N1C(C)=O. The van der Waals surface area contributed by atoms with Crippen molar-refractivity contribution in [2.45, 2.75) is 25.8 Å². The van der Waals surface area contributed by atoms with E-state index in [1.807, 2.05) is 0 Å². The molecule has 0 saturated carbocycles. The van der Waals surface area contributed by atoms with Gasteiger partial charge in [0.15, 0.2) is 5.96 Å². The quantitative estimate of drug-likeness (QED) is 0.207. The van der Waals surface area contributed by atoms with Crippen LogP contribution in [0.3, 0.4) is 0 Å². The smallest absolute Gasteiger partial charge is 0.329 e. The van der Waals surface area contributed by atoms with Crippen LogP contribution in [0.4, 0.5) is 0 Å². The summed E-state index contributed by atoms with van der Waals surface area (Å²) in [7, 11) is 1.22. The Labute approximate surface area is 110 Å². The standard InChI is InChI=1S/C11H18N4O4/c1-6(16)15-8(10(18)19-2)7(9(15)17)4-3-5-14-11(12)13/h7-8H,3-5H2,1-2H3,(H4,12,13,14)/t7-,8+/m0/s1. The molecule has 1 fully saturated rings. The van der Waals surface area contributed by atoms with E-state index in [0.29, 0.717) is 19.4 Å². The largest absolute Gasteiger partial charge is 0.467 e. The Morgan fingerprint density at radius 2 is 2.05 bits per heavy atom. The summed E-state index contributed by atoms with van der Waals surface area (Å²) >= 11 is 0. The van der Waals surface area contributed by atoms with Crippen molar-refractivity contribution in [1.82, 2.24) is 4.90 Å². The van der Waals surface area contributed by atoms with Gasteiger partial charge in [-0.2, -0.15) is 0 Å². The zero-order chi connectivity index (χ0) is 14.6. The van der Waals surface area contributed by atoms with E-state index in [1.54, 1.807) is 0 Å². The van der Waals surface area contributed by atoms with Crippen molar-refractivity contribution in [2.75, 3.05) is 13.7 Å². The molecule has 1 saturated heterocycles. The summed E-state index contributed by atoms with van der Waals surface area (Å²) < 4.78 is 4.61. The van der Waals surface area contributed by atoms with Gasteiger partial charge in [-0.25, -0.2) is 4.79 Å². The van der Waals surface area contributed by atoms with Gasteiger partial charge in [0.25, 0.3) is 0 Å². The van der Waals surface area contributed by atoms with Crippen LogP contribution < -0.4 is 11.5 Å². The molecule has 19 heavy (non-hydrogen) atoms. The van der Waals surface area contributed by atoms with Gasteiger partial charge in [0.1, 0.15) is 6.04 Å². The Kier molecular flexibility index (Phi) is 4.85. The Hall–Kier alpha value is -2.12. The first-order valence-electron chi connectivity index (χ1n) is 5.87. The summed E-state index contributed by atoms with van der Waals surface area (Å²) in [6.45, 7) is 1.61. The van der Waals surface area contributed by atoms with Gasteiger partial charge in [-0.05, 0) is 12.8 Å². The van der Waals surface area contributed by atoms with Gasteiger partial charge in [-0.15, -0.1) is 0 Å². The second-order valence-electron chi connectivity index (χ2n) is 4.25. The summed E-state index contributed by atoms with van der Waals surface area (Å²) in [5.41, 5.74) is 10.4. The molecular weight excluding hydrogens is 252 g/mol. The number of esters is 1. The molecule has 0 radical (unpaired) electrons. The number of ether oxygens (including phenoxy) is 1. The lowest BCUT2D eigenvalue weighted by atomic mass is 9.83. The number of β-lactam (4-membered cyclic amide) rings is 1. The van der Waals surface area contributed by atoms with Crippen LogP contribution in [0.25, 0.3) is 0 Å². The summed E-state index contributed by atoms with van der Waals surface area (Å²) in [5, 5.41) is 0. The fourth-order valence-electron chi connectivity index (χ4n) is 2.09. The van der Waals surface area contributed by atoms with Crippen molar-refractivity contribution in [1.29, 1.82) is 0 Å². The molecule has 8 nitrogen and oxygen atoms in total. The highest BCUT2D eigenvalue weighted by atomic mass is 16.5. The minimum absolute atomic E-state index is 0.0187. The number of amides is 2. The topological polar surface area (TPSA) is 128 Å². The normalized spacial score (nSPS) is 21.6. The monoisotopic (exact) mass is 270 g/mol. The molecular formula is C11H18N4O4. The van der Waals surface area contributed by atoms with Crippen molar-refractivity contribution in [3.8, 4) is 0 Å². The number of rotatable bonds is 5. The van der Waals surface area contributed by atoms with Crippen LogP contribution in [0, 0.1) is 5.92 Å². The molecule has 8 heteroatoms. The molecule has 0 aromatic carbocycles. The first-order chi connectivity index (χ1) is 8.90. The number of guanidine groups is 1. The van der Waals surface area contributed by atoms with E-state index in [0.717, 1.165) is 4.90 Å². The van der Waals surface area contributed by atoms with Crippen molar-refractivity contribution in [3.05, 3.63) is 0 Å². The first-order valence-corrected chi connectivity index (χ1v) is 5.87. The van der Waals surface area contributed by atoms with Crippen LogP contribution in [-0.4, -0.2) is 48.3 Å². The predicted octanol–water partition coefficient (Wildman–Crippen LogP) is -1.41. The first kappa shape index (κ1) is 14.9. The molecule has 0 spiro atoms. The number of carbonyl (C=O) groups is 3. The zero-order valence-electron chi connectivity index (χ0n) is 11.0.